The Hall–Kier alpha value is -2.00. The van der Waals surface area contributed by atoms with E-state index in [9.17, 15) is 4.79 Å². The Morgan fingerprint density at radius 2 is 2.22 bits per heavy atom. The van der Waals surface area contributed by atoms with Crippen LogP contribution in [0.4, 0.5) is 0 Å². The monoisotopic (exact) mass is 261 g/mol. The molecule has 3 nitrogen and oxygen atoms in total. The summed E-state index contributed by atoms with van der Waals surface area (Å²) >= 11 is 5.84. The molecule has 0 fully saturated rings. The zero-order valence-corrected chi connectivity index (χ0v) is 10.4. The van der Waals surface area contributed by atoms with Crippen molar-refractivity contribution >= 4 is 23.6 Å². The van der Waals surface area contributed by atoms with Crippen molar-refractivity contribution in [3.63, 3.8) is 0 Å². The average molecular weight is 262 g/mol. The predicted molar refractivity (Wildman–Crippen MR) is 71.0 cm³/mol. The topological polar surface area (TPSA) is 42.2 Å². The minimum Gasteiger partial charge on any atom is -0.467 e. The van der Waals surface area contributed by atoms with Crippen molar-refractivity contribution in [2.24, 2.45) is 0 Å². The highest BCUT2D eigenvalue weighted by Crippen LogP contribution is 2.11. The van der Waals surface area contributed by atoms with Crippen LogP contribution >= 0.6 is 11.6 Å². The molecule has 0 spiro atoms. The molecule has 2 aromatic rings. The third-order valence-electron chi connectivity index (χ3n) is 2.29. The molecule has 92 valence electrons. The second-order valence-corrected chi connectivity index (χ2v) is 4.12. The lowest BCUT2D eigenvalue weighted by Gasteiger charge is -1.98. The molecule has 2 rings (SSSR count). The number of carbonyl (C=O) groups is 1. The van der Waals surface area contributed by atoms with E-state index in [1.165, 1.54) is 6.08 Å². The van der Waals surface area contributed by atoms with Gasteiger partial charge in [0.2, 0.25) is 5.91 Å². The van der Waals surface area contributed by atoms with Crippen LogP contribution in [0.15, 0.2) is 53.2 Å². The van der Waals surface area contributed by atoms with Crippen LogP contribution in [0.1, 0.15) is 11.3 Å². The molecule has 1 aromatic heterocycles. The molecule has 0 aliphatic rings. The number of nitrogens with one attached hydrogen (secondary N) is 1. The van der Waals surface area contributed by atoms with E-state index in [2.05, 4.69) is 5.32 Å². The van der Waals surface area contributed by atoms with Gasteiger partial charge in [-0.2, -0.15) is 0 Å². The molecule has 1 amide bonds. The van der Waals surface area contributed by atoms with Crippen LogP contribution in [0, 0.1) is 0 Å². The van der Waals surface area contributed by atoms with E-state index in [-0.39, 0.29) is 5.91 Å². The van der Waals surface area contributed by atoms with Gasteiger partial charge in [0.25, 0.3) is 0 Å². The van der Waals surface area contributed by atoms with Gasteiger partial charge in [0, 0.05) is 11.1 Å². The molecule has 0 unspecified atom stereocenters. The van der Waals surface area contributed by atoms with E-state index in [0.717, 1.165) is 11.3 Å². The zero-order valence-electron chi connectivity index (χ0n) is 9.60. The van der Waals surface area contributed by atoms with Gasteiger partial charge in [-0.1, -0.05) is 23.7 Å². The number of carbonyl (C=O) groups excluding carboxylic acids is 1. The van der Waals surface area contributed by atoms with Crippen molar-refractivity contribution in [2.75, 3.05) is 0 Å². The predicted octanol–water partition coefficient (Wildman–Crippen LogP) is 3.26. The number of amides is 1. The van der Waals surface area contributed by atoms with Gasteiger partial charge in [-0.05, 0) is 35.9 Å². The second-order valence-electron chi connectivity index (χ2n) is 3.69. The molecule has 0 aliphatic heterocycles. The fraction of sp³-hybridized carbons (Fsp3) is 0.0714. The number of hydrogen-bond acceptors (Lipinski definition) is 2. The SMILES string of the molecule is O=C(/C=C/c1cccc(Cl)c1)NCc1ccco1. The molecule has 0 radical (unpaired) electrons. The van der Waals surface area contributed by atoms with E-state index < -0.39 is 0 Å². The fourth-order valence-corrected chi connectivity index (χ4v) is 1.63. The smallest absolute Gasteiger partial charge is 0.244 e. The van der Waals surface area contributed by atoms with E-state index in [0.29, 0.717) is 11.6 Å². The molecule has 1 N–H and O–H groups in total. The summed E-state index contributed by atoms with van der Waals surface area (Å²) in [4.78, 5) is 11.5. The van der Waals surface area contributed by atoms with E-state index in [1.54, 1.807) is 36.6 Å². The number of furan rings is 1. The summed E-state index contributed by atoms with van der Waals surface area (Å²) in [5.74, 6) is 0.547. The van der Waals surface area contributed by atoms with Crippen LogP contribution in [0.5, 0.6) is 0 Å². The second kappa shape index (κ2) is 6.07. The normalized spacial score (nSPS) is 10.7. The Kier molecular flexibility index (Phi) is 4.20. The highest BCUT2D eigenvalue weighted by Gasteiger charge is 1.98. The third-order valence-corrected chi connectivity index (χ3v) is 2.53. The van der Waals surface area contributed by atoms with Gasteiger partial charge in [-0.3, -0.25) is 4.79 Å². The molecule has 0 atom stereocenters. The minimum absolute atomic E-state index is 0.175. The zero-order chi connectivity index (χ0) is 12.8. The first-order valence-corrected chi connectivity index (χ1v) is 5.86. The van der Waals surface area contributed by atoms with Crippen molar-refractivity contribution < 1.29 is 9.21 Å². The first-order chi connectivity index (χ1) is 8.74. The van der Waals surface area contributed by atoms with Crippen molar-refractivity contribution in [1.82, 2.24) is 5.32 Å². The summed E-state index contributed by atoms with van der Waals surface area (Å²) in [6.07, 6.45) is 4.75. The standard InChI is InChI=1S/C14H12ClNO2/c15-12-4-1-3-11(9-12)6-7-14(17)16-10-13-5-2-8-18-13/h1-9H,10H2,(H,16,17)/b7-6+. The Morgan fingerprint density at radius 1 is 1.33 bits per heavy atom. The van der Waals surface area contributed by atoms with Gasteiger partial charge < -0.3 is 9.73 Å². The highest BCUT2D eigenvalue weighted by molar-refractivity contribution is 6.30. The minimum atomic E-state index is -0.175. The van der Waals surface area contributed by atoms with Gasteiger partial charge in [0.15, 0.2) is 0 Å². The number of hydrogen-bond donors (Lipinski definition) is 1. The Morgan fingerprint density at radius 3 is 2.94 bits per heavy atom. The van der Waals surface area contributed by atoms with Crippen LogP contribution in [-0.4, -0.2) is 5.91 Å². The number of benzene rings is 1. The maximum Gasteiger partial charge on any atom is 0.244 e. The molecule has 0 bridgehead atoms. The maximum absolute atomic E-state index is 11.5. The number of rotatable bonds is 4. The molecule has 0 saturated carbocycles. The molecule has 0 aliphatic carbocycles. The Balaban J connectivity index is 1.87. The lowest BCUT2D eigenvalue weighted by atomic mass is 10.2. The highest BCUT2D eigenvalue weighted by atomic mass is 35.5. The van der Waals surface area contributed by atoms with Crippen molar-refractivity contribution in [2.45, 2.75) is 6.54 Å². The van der Waals surface area contributed by atoms with Crippen LogP contribution in [0.25, 0.3) is 6.08 Å². The van der Waals surface area contributed by atoms with Crippen LogP contribution < -0.4 is 5.32 Å². The fourth-order valence-electron chi connectivity index (χ4n) is 1.43. The van der Waals surface area contributed by atoms with E-state index in [1.807, 2.05) is 12.1 Å². The largest absolute Gasteiger partial charge is 0.467 e. The van der Waals surface area contributed by atoms with Crippen molar-refractivity contribution in [3.8, 4) is 0 Å². The van der Waals surface area contributed by atoms with Gasteiger partial charge in [0.05, 0.1) is 12.8 Å². The lowest BCUT2D eigenvalue weighted by Crippen LogP contribution is -2.19. The summed E-state index contributed by atoms with van der Waals surface area (Å²) in [7, 11) is 0. The maximum atomic E-state index is 11.5. The molecular weight excluding hydrogens is 250 g/mol. The lowest BCUT2D eigenvalue weighted by molar-refractivity contribution is -0.116. The van der Waals surface area contributed by atoms with Gasteiger partial charge >= 0.3 is 0 Å². The average Bonchev–Trinajstić information content (AvgIpc) is 2.87. The van der Waals surface area contributed by atoms with E-state index >= 15 is 0 Å². The Labute approximate surface area is 110 Å². The Bertz CT molecular complexity index is 547. The summed E-state index contributed by atoms with van der Waals surface area (Å²) in [6, 6.07) is 10.9. The van der Waals surface area contributed by atoms with Gasteiger partial charge in [0.1, 0.15) is 5.76 Å². The first-order valence-electron chi connectivity index (χ1n) is 5.48. The summed E-state index contributed by atoms with van der Waals surface area (Å²) in [6.45, 7) is 0.381. The van der Waals surface area contributed by atoms with Crippen molar-refractivity contribution in [1.29, 1.82) is 0 Å². The van der Waals surface area contributed by atoms with Crippen LogP contribution in [0.3, 0.4) is 0 Å². The molecule has 18 heavy (non-hydrogen) atoms. The van der Waals surface area contributed by atoms with Crippen LogP contribution in [-0.2, 0) is 11.3 Å². The molecule has 0 saturated heterocycles. The summed E-state index contributed by atoms with van der Waals surface area (Å²) in [5, 5.41) is 3.36. The molecule has 1 heterocycles. The van der Waals surface area contributed by atoms with E-state index in [4.69, 9.17) is 16.0 Å². The molecule has 1 aromatic carbocycles. The van der Waals surface area contributed by atoms with Crippen LogP contribution in [0.2, 0.25) is 5.02 Å². The summed E-state index contributed by atoms with van der Waals surface area (Å²) in [5.41, 5.74) is 0.885. The molecular formula is C14H12ClNO2. The van der Waals surface area contributed by atoms with Gasteiger partial charge in [-0.15, -0.1) is 0 Å². The first kappa shape index (κ1) is 12.5. The number of halogens is 1. The van der Waals surface area contributed by atoms with Crippen molar-refractivity contribution in [3.05, 3.63) is 65.1 Å². The van der Waals surface area contributed by atoms with Gasteiger partial charge in [-0.25, -0.2) is 0 Å². The molecule has 4 heteroatoms. The quantitative estimate of drug-likeness (QED) is 0.859. The summed E-state index contributed by atoms with van der Waals surface area (Å²) < 4.78 is 5.11. The third kappa shape index (κ3) is 3.79.